The molecule has 2 aromatic carbocycles. The van der Waals surface area contributed by atoms with Gasteiger partial charge in [-0.25, -0.2) is 0 Å². The number of nitrogens with two attached hydrogens (primary N) is 1. The van der Waals surface area contributed by atoms with Crippen molar-refractivity contribution in [2.24, 2.45) is 0 Å². The Bertz CT molecular complexity index is 858. The van der Waals surface area contributed by atoms with E-state index in [0.717, 1.165) is 11.1 Å². The van der Waals surface area contributed by atoms with Crippen molar-refractivity contribution in [3.63, 3.8) is 0 Å². The lowest BCUT2D eigenvalue weighted by Gasteiger charge is -2.08. The van der Waals surface area contributed by atoms with Gasteiger partial charge in [-0.1, -0.05) is 18.2 Å². The summed E-state index contributed by atoms with van der Waals surface area (Å²) >= 11 is 0. The fourth-order valence-corrected chi connectivity index (χ4v) is 2.15. The van der Waals surface area contributed by atoms with Crippen molar-refractivity contribution in [2.45, 2.75) is 6.92 Å². The summed E-state index contributed by atoms with van der Waals surface area (Å²) in [7, 11) is 0. The molecular formula is C14H12N6O2. The summed E-state index contributed by atoms with van der Waals surface area (Å²) in [6.07, 6.45) is 0. The van der Waals surface area contributed by atoms with Crippen LogP contribution in [0.15, 0.2) is 42.5 Å². The maximum Gasteiger partial charge on any atom is 0.271 e. The summed E-state index contributed by atoms with van der Waals surface area (Å²) in [5.74, 6) is 0.468. The van der Waals surface area contributed by atoms with Crippen LogP contribution in [0.5, 0.6) is 0 Å². The average molecular weight is 296 g/mol. The number of nitrogens with zero attached hydrogens (tertiary/aromatic N) is 5. The first-order chi connectivity index (χ1) is 10.6. The Hall–Kier alpha value is -3.29. The highest BCUT2D eigenvalue weighted by Crippen LogP contribution is 2.25. The number of hydrogen-bond donors (Lipinski definition) is 1. The van der Waals surface area contributed by atoms with Gasteiger partial charge in [-0.15, -0.1) is 5.10 Å². The van der Waals surface area contributed by atoms with E-state index in [4.69, 9.17) is 5.73 Å². The SMILES string of the molecule is Cc1ccc([N+](=O)[O-])cc1-n1nnnc1-c1cccc(N)c1. The standard InChI is InChI=1S/C14H12N6O2/c1-9-5-6-12(20(21)22)8-13(9)19-14(16-17-18-19)10-3-2-4-11(15)7-10/h2-8H,15H2,1H3. The van der Waals surface area contributed by atoms with Crippen LogP contribution in [-0.4, -0.2) is 25.1 Å². The molecule has 1 aromatic heterocycles. The monoisotopic (exact) mass is 296 g/mol. The zero-order chi connectivity index (χ0) is 15.7. The highest BCUT2D eigenvalue weighted by atomic mass is 16.6. The van der Waals surface area contributed by atoms with Crippen LogP contribution >= 0.6 is 0 Å². The Balaban J connectivity index is 2.17. The van der Waals surface area contributed by atoms with Gasteiger partial charge in [-0.2, -0.15) is 4.68 Å². The summed E-state index contributed by atoms with van der Waals surface area (Å²) in [5, 5.41) is 22.6. The zero-order valence-corrected chi connectivity index (χ0v) is 11.7. The van der Waals surface area contributed by atoms with Crippen molar-refractivity contribution in [3.8, 4) is 17.1 Å². The largest absolute Gasteiger partial charge is 0.399 e. The van der Waals surface area contributed by atoms with Crippen molar-refractivity contribution in [1.29, 1.82) is 0 Å². The second-order valence-corrected chi connectivity index (χ2v) is 4.77. The Morgan fingerprint density at radius 1 is 1.23 bits per heavy atom. The number of rotatable bonds is 3. The van der Waals surface area contributed by atoms with Crippen LogP contribution in [0.1, 0.15) is 5.56 Å². The third-order valence-corrected chi connectivity index (χ3v) is 3.25. The van der Waals surface area contributed by atoms with Gasteiger partial charge in [0, 0.05) is 23.4 Å². The van der Waals surface area contributed by atoms with Crippen LogP contribution in [0.2, 0.25) is 0 Å². The lowest BCUT2D eigenvalue weighted by Crippen LogP contribution is -2.03. The van der Waals surface area contributed by atoms with E-state index >= 15 is 0 Å². The van der Waals surface area contributed by atoms with Gasteiger partial charge in [-0.3, -0.25) is 10.1 Å². The Morgan fingerprint density at radius 2 is 2.05 bits per heavy atom. The van der Waals surface area contributed by atoms with Crippen LogP contribution in [-0.2, 0) is 0 Å². The van der Waals surface area contributed by atoms with E-state index in [1.807, 2.05) is 13.0 Å². The molecule has 0 aliphatic heterocycles. The average Bonchev–Trinajstić information content (AvgIpc) is 2.96. The van der Waals surface area contributed by atoms with E-state index in [1.54, 1.807) is 24.3 Å². The molecule has 0 spiro atoms. The summed E-state index contributed by atoms with van der Waals surface area (Å²) in [6, 6.07) is 11.7. The van der Waals surface area contributed by atoms with Crippen LogP contribution in [0.4, 0.5) is 11.4 Å². The molecule has 0 saturated carbocycles. The van der Waals surface area contributed by atoms with Crippen LogP contribution < -0.4 is 5.73 Å². The van der Waals surface area contributed by atoms with Gasteiger partial charge in [-0.05, 0) is 35.0 Å². The molecule has 0 radical (unpaired) electrons. The second-order valence-electron chi connectivity index (χ2n) is 4.77. The predicted octanol–water partition coefficient (Wildman–Crippen LogP) is 2.13. The van der Waals surface area contributed by atoms with E-state index in [9.17, 15) is 10.1 Å². The first-order valence-electron chi connectivity index (χ1n) is 6.46. The Kier molecular flexibility index (Phi) is 3.26. The normalized spacial score (nSPS) is 10.6. The first kappa shape index (κ1) is 13.7. The fraction of sp³-hybridized carbons (Fsp3) is 0.0714. The van der Waals surface area contributed by atoms with E-state index in [-0.39, 0.29) is 5.69 Å². The lowest BCUT2D eigenvalue weighted by atomic mass is 10.1. The predicted molar refractivity (Wildman–Crippen MR) is 80.4 cm³/mol. The van der Waals surface area contributed by atoms with Crippen molar-refractivity contribution in [3.05, 3.63) is 58.1 Å². The van der Waals surface area contributed by atoms with E-state index in [0.29, 0.717) is 17.2 Å². The molecule has 2 N–H and O–H groups in total. The van der Waals surface area contributed by atoms with Crippen LogP contribution in [0.3, 0.4) is 0 Å². The smallest absolute Gasteiger partial charge is 0.271 e. The van der Waals surface area contributed by atoms with Crippen molar-refractivity contribution < 1.29 is 4.92 Å². The van der Waals surface area contributed by atoms with Gasteiger partial charge in [0.15, 0.2) is 5.82 Å². The van der Waals surface area contributed by atoms with Gasteiger partial charge in [0.2, 0.25) is 0 Å². The van der Waals surface area contributed by atoms with Crippen LogP contribution in [0, 0.1) is 17.0 Å². The molecule has 0 aliphatic rings. The highest BCUT2D eigenvalue weighted by Gasteiger charge is 2.16. The summed E-state index contributed by atoms with van der Waals surface area (Å²) in [4.78, 5) is 10.5. The number of nitrogen functional groups attached to an aromatic ring is 1. The van der Waals surface area contributed by atoms with Crippen molar-refractivity contribution >= 4 is 11.4 Å². The number of aromatic nitrogens is 4. The number of anilines is 1. The molecule has 22 heavy (non-hydrogen) atoms. The minimum atomic E-state index is -0.451. The van der Waals surface area contributed by atoms with E-state index in [1.165, 1.54) is 16.8 Å². The molecule has 110 valence electrons. The zero-order valence-electron chi connectivity index (χ0n) is 11.7. The molecule has 3 rings (SSSR count). The van der Waals surface area contributed by atoms with Crippen molar-refractivity contribution in [1.82, 2.24) is 20.2 Å². The maximum absolute atomic E-state index is 11.0. The highest BCUT2D eigenvalue weighted by molar-refractivity contribution is 5.63. The maximum atomic E-state index is 11.0. The number of tetrazole rings is 1. The van der Waals surface area contributed by atoms with Gasteiger partial charge in [0.1, 0.15) is 0 Å². The van der Waals surface area contributed by atoms with Crippen molar-refractivity contribution in [2.75, 3.05) is 5.73 Å². The summed E-state index contributed by atoms with van der Waals surface area (Å²) < 4.78 is 1.47. The number of benzene rings is 2. The first-order valence-corrected chi connectivity index (χ1v) is 6.46. The summed E-state index contributed by atoms with van der Waals surface area (Å²) in [6.45, 7) is 1.84. The third kappa shape index (κ3) is 2.37. The number of aryl methyl sites for hydroxylation is 1. The second kappa shape index (κ2) is 5.24. The molecule has 0 bridgehead atoms. The third-order valence-electron chi connectivity index (χ3n) is 3.25. The molecule has 8 heteroatoms. The molecule has 0 aliphatic carbocycles. The molecule has 0 unspecified atom stereocenters. The quantitative estimate of drug-likeness (QED) is 0.450. The fourth-order valence-electron chi connectivity index (χ4n) is 2.15. The molecule has 8 nitrogen and oxygen atoms in total. The minimum Gasteiger partial charge on any atom is -0.399 e. The molecule has 0 atom stereocenters. The van der Waals surface area contributed by atoms with Crippen LogP contribution in [0.25, 0.3) is 17.1 Å². The molecular weight excluding hydrogens is 284 g/mol. The molecule has 1 heterocycles. The number of nitro benzene ring substituents is 1. The minimum absolute atomic E-state index is 0.0189. The topological polar surface area (TPSA) is 113 Å². The number of hydrogen-bond acceptors (Lipinski definition) is 6. The van der Waals surface area contributed by atoms with Gasteiger partial charge < -0.3 is 5.73 Å². The van der Waals surface area contributed by atoms with E-state index < -0.39 is 4.92 Å². The van der Waals surface area contributed by atoms with E-state index in [2.05, 4.69) is 15.5 Å². The van der Waals surface area contributed by atoms with Gasteiger partial charge in [0.25, 0.3) is 5.69 Å². The molecule has 0 fully saturated rings. The number of nitro groups is 1. The lowest BCUT2D eigenvalue weighted by molar-refractivity contribution is -0.384. The number of non-ortho nitro benzene ring substituents is 1. The van der Waals surface area contributed by atoms with Gasteiger partial charge in [0.05, 0.1) is 10.6 Å². The molecule has 0 saturated heterocycles. The molecule has 0 amide bonds. The Morgan fingerprint density at radius 3 is 2.77 bits per heavy atom. The Labute approximate surface area is 125 Å². The molecule has 3 aromatic rings. The van der Waals surface area contributed by atoms with Gasteiger partial charge >= 0.3 is 0 Å². The summed E-state index contributed by atoms with van der Waals surface area (Å²) in [5.41, 5.74) is 8.45.